The highest BCUT2D eigenvalue weighted by Crippen LogP contribution is 2.25. The molecule has 0 aromatic heterocycles. The summed E-state index contributed by atoms with van der Waals surface area (Å²) in [7, 11) is 1.81. The van der Waals surface area contributed by atoms with E-state index in [-0.39, 0.29) is 18.2 Å². The van der Waals surface area contributed by atoms with Crippen LogP contribution in [-0.2, 0) is 4.79 Å². The maximum Gasteiger partial charge on any atom is 0.272 e. The number of hydrogen-bond donors (Lipinski definition) is 0. The van der Waals surface area contributed by atoms with E-state index in [4.69, 9.17) is 4.74 Å². The maximum absolute atomic E-state index is 12.1. The van der Waals surface area contributed by atoms with E-state index in [0.717, 1.165) is 6.54 Å². The molecule has 1 fully saturated rings. The molecule has 1 aromatic carbocycles. The fourth-order valence-corrected chi connectivity index (χ4v) is 3.04. The average Bonchev–Trinajstić information content (AvgIpc) is 2.53. The van der Waals surface area contributed by atoms with E-state index in [1.807, 2.05) is 0 Å². The Morgan fingerprint density at radius 2 is 2.04 bits per heavy atom. The van der Waals surface area contributed by atoms with Gasteiger partial charge in [-0.25, -0.2) is 0 Å². The zero-order chi connectivity index (χ0) is 16.8. The van der Waals surface area contributed by atoms with Crippen molar-refractivity contribution in [3.63, 3.8) is 0 Å². The van der Waals surface area contributed by atoms with E-state index in [9.17, 15) is 14.9 Å². The van der Waals surface area contributed by atoms with Gasteiger partial charge in [-0.2, -0.15) is 0 Å². The highest BCUT2D eigenvalue weighted by atomic mass is 16.6. The molecular formula is C17H24N2O4. The molecule has 0 N–H and O–H groups in total. The minimum atomic E-state index is -0.428. The molecule has 23 heavy (non-hydrogen) atoms. The second-order valence-corrected chi connectivity index (χ2v) is 6.27. The number of benzene rings is 1. The van der Waals surface area contributed by atoms with Crippen LogP contribution >= 0.6 is 0 Å². The monoisotopic (exact) mass is 320 g/mol. The first-order chi connectivity index (χ1) is 11.0. The largest absolute Gasteiger partial charge is 0.484 e. The Balaban J connectivity index is 1.83. The summed E-state index contributed by atoms with van der Waals surface area (Å²) in [4.78, 5) is 24.2. The Bertz CT molecular complexity index is 568. The molecule has 0 radical (unpaired) electrons. The standard InChI is InChI=1S/C17H24N2O4/c1-13-10-15(8-9-16(13)19(21)22)23-12-17(20)18(2)11-14-6-4-3-5-7-14/h8-10,14H,3-7,11-12H2,1-2H3. The van der Waals surface area contributed by atoms with E-state index >= 15 is 0 Å². The van der Waals surface area contributed by atoms with Crippen molar-refractivity contribution < 1.29 is 14.5 Å². The van der Waals surface area contributed by atoms with Crippen LogP contribution in [0.1, 0.15) is 37.7 Å². The summed E-state index contributed by atoms with van der Waals surface area (Å²) in [6.45, 7) is 2.39. The normalized spacial score (nSPS) is 15.2. The molecule has 0 bridgehead atoms. The molecule has 6 heteroatoms. The maximum atomic E-state index is 12.1. The van der Waals surface area contributed by atoms with Crippen molar-refractivity contribution in [1.29, 1.82) is 0 Å². The highest BCUT2D eigenvalue weighted by Gasteiger charge is 2.19. The van der Waals surface area contributed by atoms with Crippen molar-refractivity contribution in [2.45, 2.75) is 39.0 Å². The third-order valence-electron chi connectivity index (χ3n) is 4.41. The van der Waals surface area contributed by atoms with Crippen LogP contribution in [0.2, 0.25) is 0 Å². The molecule has 1 aliphatic rings. The summed E-state index contributed by atoms with van der Waals surface area (Å²) in [6.07, 6.45) is 6.20. The zero-order valence-electron chi connectivity index (χ0n) is 13.8. The Morgan fingerprint density at radius 1 is 1.35 bits per heavy atom. The molecular weight excluding hydrogens is 296 g/mol. The van der Waals surface area contributed by atoms with Gasteiger partial charge in [0.25, 0.3) is 11.6 Å². The Hall–Kier alpha value is -2.11. The summed E-state index contributed by atoms with van der Waals surface area (Å²) in [6, 6.07) is 4.52. The molecule has 0 heterocycles. The van der Waals surface area contributed by atoms with Crippen LogP contribution in [0.3, 0.4) is 0 Å². The lowest BCUT2D eigenvalue weighted by Gasteiger charge is -2.27. The van der Waals surface area contributed by atoms with Crippen LogP contribution in [0.15, 0.2) is 18.2 Å². The first kappa shape index (κ1) is 17.2. The Kier molecular flexibility index (Phi) is 5.96. The minimum Gasteiger partial charge on any atom is -0.484 e. The van der Waals surface area contributed by atoms with Crippen molar-refractivity contribution in [2.75, 3.05) is 20.2 Å². The molecule has 0 aliphatic heterocycles. The Labute approximate surface area is 136 Å². The first-order valence-corrected chi connectivity index (χ1v) is 8.09. The van der Waals surface area contributed by atoms with Gasteiger partial charge in [-0.05, 0) is 37.8 Å². The van der Waals surface area contributed by atoms with Gasteiger partial charge in [0.15, 0.2) is 6.61 Å². The molecule has 1 aromatic rings. The number of hydrogen-bond acceptors (Lipinski definition) is 4. The van der Waals surface area contributed by atoms with Crippen molar-refractivity contribution in [2.24, 2.45) is 5.92 Å². The topological polar surface area (TPSA) is 72.7 Å². The molecule has 1 aliphatic carbocycles. The molecule has 0 spiro atoms. The van der Waals surface area contributed by atoms with E-state index in [1.54, 1.807) is 24.9 Å². The number of nitrogens with zero attached hydrogens (tertiary/aromatic N) is 2. The number of amides is 1. The van der Waals surface area contributed by atoms with E-state index in [1.165, 1.54) is 44.2 Å². The van der Waals surface area contributed by atoms with Gasteiger partial charge in [0.1, 0.15) is 5.75 Å². The summed E-state index contributed by atoms with van der Waals surface area (Å²) < 4.78 is 5.48. The zero-order valence-corrected chi connectivity index (χ0v) is 13.8. The number of nitro benzene ring substituents is 1. The van der Waals surface area contributed by atoms with Gasteiger partial charge in [-0.3, -0.25) is 14.9 Å². The number of ether oxygens (including phenoxy) is 1. The van der Waals surface area contributed by atoms with Crippen LogP contribution in [0, 0.1) is 23.0 Å². The van der Waals surface area contributed by atoms with Gasteiger partial charge in [0.2, 0.25) is 0 Å². The van der Waals surface area contributed by atoms with Crippen LogP contribution < -0.4 is 4.74 Å². The summed E-state index contributed by atoms with van der Waals surface area (Å²) in [5.74, 6) is 1.01. The predicted octanol–water partition coefficient (Wildman–Crippen LogP) is 3.32. The molecule has 0 atom stereocenters. The molecule has 6 nitrogen and oxygen atoms in total. The predicted molar refractivity (Wildman–Crippen MR) is 87.5 cm³/mol. The molecule has 1 saturated carbocycles. The second-order valence-electron chi connectivity index (χ2n) is 6.27. The molecule has 126 valence electrons. The number of carbonyl (C=O) groups excluding carboxylic acids is 1. The molecule has 1 amide bonds. The van der Waals surface area contributed by atoms with Crippen molar-refractivity contribution in [1.82, 2.24) is 4.90 Å². The van der Waals surface area contributed by atoms with Crippen LogP contribution in [0.25, 0.3) is 0 Å². The van der Waals surface area contributed by atoms with Gasteiger partial charge >= 0.3 is 0 Å². The SMILES string of the molecule is Cc1cc(OCC(=O)N(C)CC2CCCCC2)ccc1[N+](=O)[O-]. The number of likely N-dealkylation sites (N-methyl/N-ethyl adjacent to an activating group) is 1. The molecule has 0 unspecified atom stereocenters. The van der Waals surface area contributed by atoms with E-state index in [0.29, 0.717) is 17.2 Å². The smallest absolute Gasteiger partial charge is 0.272 e. The van der Waals surface area contributed by atoms with Crippen molar-refractivity contribution in [3.8, 4) is 5.75 Å². The first-order valence-electron chi connectivity index (χ1n) is 8.09. The fourth-order valence-electron chi connectivity index (χ4n) is 3.04. The number of carbonyl (C=O) groups is 1. The molecule has 2 rings (SSSR count). The van der Waals surface area contributed by atoms with E-state index in [2.05, 4.69) is 0 Å². The van der Waals surface area contributed by atoms with Gasteiger partial charge < -0.3 is 9.64 Å². The number of rotatable bonds is 6. The summed E-state index contributed by atoms with van der Waals surface area (Å²) >= 11 is 0. The van der Waals surface area contributed by atoms with Crippen LogP contribution in [0.4, 0.5) is 5.69 Å². The van der Waals surface area contributed by atoms with Gasteiger partial charge in [-0.1, -0.05) is 19.3 Å². The van der Waals surface area contributed by atoms with Crippen LogP contribution in [-0.4, -0.2) is 35.9 Å². The summed E-state index contributed by atoms with van der Waals surface area (Å²) in [5.41, 5.74) is 0.577. The quantitative estimate of drug-likeness (QED) is 0.595. The lowest BCUT2D eigenvalue weighted by Crippen LogP contribution is -2.35. The van der Waals surface area contributed by atoms with Gasteiger partial charge in [0, 0.05) is 25.2 Å². The number of nitro groups is 1. The number of aryl methyl sites for hydroxylation is 1. The van der Waals surface area contributed by atoms with Gasteiger partial charge in [0.05, 0.1) is 4.92 Å². The minimum absolute atomic E-state index is 0.0412. The fraction of sp³-hybridized carbons (Fsp3) is 0.588. The van der Waals surface area contributed by atoms with E-state index < -0.39 is 4.92 Å². The second kappa shape index (κ2) is 7.94. The third-order valence-corrected chi connectivity index (χ3v) is 4.41. The lowest BCUT2D eigenvalue weighted by molar-refractivity contribution is -0.385. The third kappa shape index (κ3) is 4.94. The van der Waals surface area contributed by atoms with Crippen molar-refractivity contribution >= 4 is 11.6 Å². The Morgan fingerprint density at radius 3 is 2.65 bits per heavy atom. The van der Waals surface area contributed by atoms with Gasteiger partial charge in [-0.15, -0.1) is 0 Å². The van der Waals surface area contributed by atoms with Crippen molar-refractivity contribution in [3.05, 3.63) is 33.9 Å². The average molecular weight is 320 g/mol. The highest BCUT2D eigenvalue weighted by molar-refractivity contribution is 5.77. The lowest BCUT2D eigenvalue weighted by atomic mass is 9.89. The summed E-state index contributed by atoms with van der Waals surface area (Å²) in [5, 5.41) is 10.8. The molecule has 0 saturated heterocycles. The van der Waals surface area contributed by atoms with Crippen LogP contribution in [0.5, 0.6) is 5.75 Å².